The highest BCUT2D eigenvalue weighted by atomic mass is 16.2. The van der Waals surface area contributed by atoms with Gasteiger partial charge in [-0.1, -0.05) is 0 Å². The molecule has 0 saturated carbocycles. The SMILES string of the molecule is NCC(CN)(CNC(=O)C(CN)(CN)CNC(=O)[C@@H](N)CC(N)=O)C(N)=O. The Hall–Kier alpha value is -2.32. The molecule has 0 bridgehead atoms. The highest BCUT2D eigenvalue weighted by Gasteiger charge is 2.40. The van der Waals surface area contributed by atoms with Crippen LogP contribution in [0.1, 0.15) is 6.42 Å². The fourth-order valence-corrected chi connectivity index (χ4v) is 2.14. The van der Waals surface area contributed by atoms with Gasteiger partial charge in [0.1, 0.15) is 0 Å². The third kappa shape index (κ3) is 6.41. The van der Waals surface area contributed by atoms with Crippen LogP contribution in [0, 0.1) is 10.8 Å². The Morgan fingerprint density at radius 3 is 1.59 bits per heavy atom. The van der Waals surface area contributed by atoms with Gasteiger partial charge in [0.15, 0.2) is 0 Å². The van der Waals surface area contributed by atoms with E-state index in [0.717, 1.165) is 0 Å². The van der Waals surface area contributed by atoms with E-state index in [9.17, 15) is 19.2 Å². The summed E-state index contributed by atoms with van der Waals surface area (Å²) >= 11 is 0. The second-order valence-corrected chi connectivity index (χ2v) is 6.42. The van der Waals surface area contributed by atoms with Crippen molar-refractivity contribution in [2.75, 3.05) is 39.3 Å². The van der Waals surface area contributed by atoms with Gasteiger partial charge in [0, 0.05) is 39.3 Å². The van der Waals surface area contributed by atoms with Crippen molar-refractivity contribution >= 4 is 23.6 Å². The zero-order chi connectivity index (χ0) is 21.3. The molecule has 0 aromatic rings. The second kappa shape index (κ2) is 10.7. The van der Waals surface area contributed by atoms with Gasteiger partial charge in [-0.15, -0.1) is 0 Å². The van der Waals surface area contributed by atoms with Gasteiger partial charge in [-0.05, 0) is 0 Å². The summed E-state index contributed by atoms with van der Waals surface area (Å²) in [5.74, 6) is -2.82. The highest BCUT2D eigenvalue weighted by molar-refractivity contribution is 5.89. The molecule has 0 unspecified atom stereocenters. The maximum atomic E-state index is 12.6. The van der Waals surface area contributed by atoms with Crippen molar-refractivity contribution in [1.82, 2.24) is 10.6 Å². The molecule has 0 saturated heterocycles. The van der Waals surface area contributed by atoms with Crippen molar-refractivity contribution in [1.29, 1.82) is 0 Å². The van der Waals surface area contributed by atoms with Gasteiger partial charge in [-0.3, -0.25) is 19.2 Å². The third-order valence-corrected chi connectivity index (χ3v) is 4.51. The van der Waals surface area contributed by atoms with E-state index in [0.29, 0.717) is 0 Å². The number of hydrogen-bond donors (Lipinski definition) is 9. The Balaban J connectivity index is 5.12. The van der Waals surface area contributed by atoms with Gasteiger partial charge in [-0.2, -0.15) is 0 Å². The number of nitrogens with two attached hydrogens (primary N) is 7. The first-order valence-corrected chi connectivity index (χ1v) is 8.24. The van der Waals surface area contributed by atoms with Crippen LogP contribution in [0.25, 0.3) is 0 Å². The normalized spacial score (nSPS) is 12.9. The summed E-state index contributed by atoms with van der Waals surface area (Å²) in [4.78, 5) is 47.0. The molecule has 0 spiro atoms. The van der Waals surface area contributed by atoms with Crippen LogP contribution >= 0.6 is 0 Å². The molecule has 0 heterocycles. The van der Waals surface area contributed by atoms with Crippen LogP contribution in [-0.4, -0.2) is 68.9 Å². The highest BCUT2D eigenvalue weighted by Crippen LogP contribution is 2.16. The van der Waals surface area contributed by atoms with Crippen molar-refractivity contribution in [2.45, 2.75) is 12.5 Å². The smallest absolute Gasteiger partial charge is 0.237 e. The largest absolute Gasteiger partial charge is 0.370 e. The first-order chi connectivity index (χ1) is 12.5. The summed E-state index contributed by atoms with van der Waals surface area (Å²) in [5, 5.41) is 4.94. The predicted molar refractivity (Wildman–Crippen MR) is 98.1 cm³/mol. The summed E-state index contributed by atoms with van der Waals surface area (Å²) in [7, 11) is 0. The van der Waals surface area contributed by atoms with E-state index in [1.54, 1.807) is 0 Å². The number of carbonyl (C=O) groups is 4. The van der Waals surface area contributed by atoms with Crippen LogP contribution < -0.4 is 50.8 Å². The Morgan fingerprint density at radius 1 is 0.778 bits per heavy atom. The van der Waals surface area contributed by atoms with Crippen molar-refractivity contribution in [3.05, 3.63) is 0 Å². The van der Waals surface area contributed by atoms with E-state index in [1.807, 2.05) is 0 Å². The van der Waals surface area contributed by atoms with E-state index < -0.39 is 40.5 Å². The number of nitrogens with one attached hydrogen (secondary N) is 2. The fourth-order valence-electron chi connectivity index (χ4n) is 2.14. The van der Waals surface area contributed by atoms with E-state index in [1.165, 1.54) is 0 Å². The minimum Gasteiger partial charge on any atom is -0.370 e. The van der Waals surface area contributed by atoms with Gasteiger partial charge >= 0.3 is 0 Å². The minimum atomic E-state index is -1.38. The molecule has 4 amide bonds. The zero-order valence-corrected chi connectivity index (χ0v) is 15.2. The van der Waals surface area contributed by atoms with Gasteiger partial charge in [0.25, 0.3) is 0 Å². The van der Waals surface area contributed by atoms with Crippen LogP contribution in [-0.2, 0) is 19.2 Å². The standard InChI is InChI=1S/C14H31N9O4/c15-2-13(3-16,11(21)26)6-23-12(27)14(4-17,5-18)7-22-10(25)8(19)1-9(20)24/h8H,1-7,15-19H2,(H2,20,24)(H2,21,26)(H,22,25)(H,23,27)/t8-/m0/s1. The minimum absolute atomic E-state index is 0.171. The van der Waals surface area contributed by atoms with E-state index in [4.69, 9.17) is 40.1 Å². The van der Waals surface area contributed by atoms with Crippen LogP contribution in [0.2, 0.25) is 0 Å². The quantitative estimate of drug-likeness (QED) is 0.144. The van der Waals surface area contributed by atoms with Crippen LogP contribution in [0.5, 0.6) is 0 Å². The summed E-state index contributed by atoms with van der Waals surface area (Å²) in [5.41, 5.74) is 35.6. The van der Waals surface area contributed by atoms with Crippen molar-refractivity contribution in [2.24, 2.45) is 51.0 Å². The summed E-state index contributed by atoms with van der Waals surface area (Å²) in [6, 6.07) is -1.17. The van der Waals surface area contributed by atoms with Gasteiger partial charge in [0.05, 0.1) is 23.3 Å². The molecule has 0 rings (SSSR count). The molecule has 0 aromatic heterocycles. The molecule has 0 radical (unpaired) electrons. The number of amides is 4. The lowest BCUT2D eigenvalue weighted by molar-refractivity contribution is -0.133. The summed E-state index contributed by atoms with van der Waals surface area (Å²) < 4.78 is 0. The molecule has 16 N–H and O–H groups in total. The van der Waals surface area contributed by atoms with Crippen molar-refractivity contribution in [3.8, 4) is 0 Å². The maximum Gasteiger partial charge on any atom is 0.237 e. The number of rotatable bonds is 13. The Labute approximate surface area is 157 Å². The molecule has 0 aliphatic rings. The molecular formula is C14H31N9O4. The number of hydrogen-bond acceptors (Lipinski definition) is 9. The Morgan fingerprint density at radius 2 is 1.22 bits per heavy atom. The predicted octanol–water partition coefficient (Wildman–Crippen LogP) is -6.29. The van der Waals surface area contributed by atoms with Crippen molar-refractivity contribution in [3.63, 3.8) is 0 Å². The lowest BCUT2D eigenvalue weighted by Crippen LogP contribution is -2.61. The first kappa shape index (κ1) is 24.7. The molecular weight excluding hydrogens is 358 g/mol. The monoisotopic (exact) mass is 389 g/mol. The van der Waals surface area contributed by atoms with E-state index in [2.05, 4.69) is 10.6 Å². The molecule has 13 heteroatoms. The van der Waals surface area contributed by atoms with Gasteiger partial charge < -0.3 is 50.8 Å². The average molecular weight is 389 g/mol. The molecule has 1 atom stereocenters. The maximum absolute atomic E-state index is 12.6. The first-order valence-electron chi connectivity index (χ1n) is 8.24. The molecule has 13 nitrogen and oxygen atoms in total. The molecule has 0 fully saturated rings. The van der Waals surface area contributed by atoms with Crippen LogP contribution in [0.4, 0.5) is 0 Å². The second-order valence-electron chi connectivity index (χ2n) is 6.42. The Bertz CT molecular complexity index is 547. The fraction of sp³-hybridized carbons (Fsp3) is 0.714. The molecule has 156 valence electrons. The summed E-state index contributed by atoms with van der Waals surface area (Å²) in [6.07, 6.45) is -0.357. The van der Waals surface area contributed by atoms with E-state index in [-0.39, 0.29) is 45.7 Å². The molecule has 0 aromatic carbocycles. The van der Waals surface area contributed by atoms with Crippen molar-refractivity contribution < 1.29 is 19.2 Å². The average Bonchev–Trinajstić information content (AvgIpc) is 2.63. The van der Waals surface area contributed by atoms with E-state index >= 15 is 0 Å². The lowest BCUT2D eigenvalue weighted by Gasteiger charge is -2.33. The van der Waals surface area contributed by atoms with Crippen LogP contribution in [0.15, 0.2) is 0 Å². The molecule has 27 heavy (non-hydrogen) atoms. The summed E-state index contributed by atoms with van der Waals surface area (Å²) in [6.45, 7) is -1.23. The lowest BCUT2D eigenvalue weighted by atomic mass is 9.84. The zero-order valence-electron chi connectivity index (χ0n) is 15.2. The topological polar surface area (TPSA) is 274 Å². The Kier molecular flexibility index (Phi) is 9.82. The molecule has 0 aliphatic heterocycles. The number of primary amides is 2. The van der Waals surface area contributed by atoms with Gasteiger partial charge in [0.2, 0.25) is 23.6 Å². The van der Waals surface area contributed by atoms with Crippen LogP contribution in [0.3, 0.4) is 0 Å². The third-order valence-electron chi connectivity index (χ3n) is 4.51. The number of carbonyl (C=O) groups excluding carboxylic acids is 4. The van der Waals surface area contributed by atoms with Gasteiger partial charge in [-0.25, -0.2) is 0 Å². The molecule has 0 aliphatic carbocycles.